The third-order valence-corrected chi connectivity index (χ3v) is 5.52. The third-order valence-electron chi connectivity index (χ3n) is 5.11. The van der Waals surface area contributed by atoms with Crippen LogP contribution in [-0.2, 0) is 4.79 Å². The van der Waals surface area contributed by atoms with Crippen molar-refractivity contribution in [1.29, 1.82) is 0 Å². The van der Waals surface area contributed by atoms with Gasteiger partial charge < -0.3 is 14.8 Å². The first-order valence-electron chi connectivity index (χ1n) is 9.81. The highest BCUT2D eigenvalue weighted by molar-refractivity contribution is 6.31. The molecular weight excluding hydrogens is 390 g/mol. The van der Waals surface area contributed by atoms with E-state index in [-0.39, 0.29) is 5.91 Å². The summed E-state index contributed by atoms with van der Waals surface area (Å²) < 4.78 is 10.9. The standard InChI is InChI=1S/C22H28ClN3O3/c1-17-20(23)4-3-5-21(17)24-22(27)16-26-12-10-25(11-13-26)14-15-29-19-8-6-18(28-2)7-9-19/h3-9H,10-16H2,1-2H3,(H,24,27). The lowest BCUT2D eigenvalue weighted by molar-refractivity contribution is -0.117. The Morgan fingerprint density at radius 1 is 1.03 bits per heavy atom. The van der Waals surface area contributed by atoms with Gasteiger partial charge in [-0.1, -0.05) is 17.7 Å². The van der Waals surface area contributed by atoms with Gasteiger partial charge >= 0.3 is 0 Å². The Bertz CT molecular complexity index is 805. The molecule has 29 heavy (non-hydrogen) atoms. The van der Waals surface area contributed by atoms with E-state index in [0.717, 1.165) is 55.5 Å². The number of nitrogens with zero attached hydrogens (tertiary/aromatic N) is 2. The zero-order chi connectivity index (χ0) is 20.6. The quantitative estimate of drug-likeness (QED) is 0.714. The van der Waals surface area contributed by atoms with Crippen LogP contribution in [0.3, 0.4) is 0 Å². The number of hydrogen-bond donors (Lipinski definition) is 1. The minimum absolute atomic E-state index is 0.00773. The summed E-state index contributed by atoms with van der Waals surface area (Å²) in [5.41, 5.74) is 1.67. The Hall–Kier alpha value is -2.28. The van der Waals surface area contributed by atoms with Crippen molar-refractivity contribution in [3.05, 3.63) is 53.1 Å². The fourth-order valence-electron chi connectivity index (χ4n) is 3.27. The largest absolute Gasteiger partial charge is 0.497 e. The summed E-state index contributed by atoms with van der Waals surface area (Å²) in [7, 11) is 1.65. The average molecular weight is 418 g/mol. The number of carbonyl (C=O) groups is 1. The maximum absolute atomic E-state index is 12.4. The highest BCUT2D eigenvalue weighted by Gasteiger charge is 2.19. The number of carbonyl (C=O) groups excluding carboxylic acids is 1. The molecule has 1 fully saturated rings. The molecule has 0 aliphatic carbocycles. The highest BCUT2D eigenvalue weighted by atomic mass is 35.5. The minimum Gasteiger partial charge on any atom is -0.497 e. The normalized spacial score (nSPS) is 15.1. The van der Waals surface area contributed by atoms with E-state index in [9.17, 15) is 4.79 Å². The third kappa shape index (κ3) is 6.35. The SMILES string of the molecule is COc1ccc(OCCN2CCN(CC(=O)Nc3cccc(Cl)c3C)CC2)cc1. The van der Waals surface area contributed by atoms with Crippen LogP contribution in [0.5, 0.6) is 11.5 Å². The number of ether oxygens (including phenoxy) is 2. The van der Waals surface area contributed by atoms with E-state index in [1.54, 1.807) is 7.11 Å². The van der Waals surface area contributed by atoms with Crippen LogP contribution < -0.4 is 14.8 Å². The summed E-state index contributed by atoms with van der Waals surface area (Å²) in [6.07, 6.45) is 0. The average Bonchev–Trinajstić information content (AvgIpc) is 2.73. The summed E-state index contributed by atoms with van der Waals surface area (Å²) in [6, 6.07) is 13.2. The molecule has 0 radical (unpaired) electrons. The number of anilines is 1. The molecule has 1 aliphatic heterocycles. The van der Waals surface area contributed by atoms with Crippen molar-refractivity contribution in [2.24, 2.45) is 0 Å². The van der Waals surface area contributed by atoms with E-state index in [0.29, 0.717) is 18.2 Å². The van der Waals surface area contributed by atoms with Crippen LogP contribution in [0, 0.1) is 6.92 Å². The van der Waals surface area contributed by atoms with E-state index in [4.69, 9.17) is 21.1 Å². The first-order chi connectivity index (χ1) is 14.0. The number of methoxy groups -OCH3 is 1. The first kappa shape index (κ1) is 21.4. The molecule has 1 heterocycles. The molecule has 0 saturated carbocycles. The van der Waals surface area contributed by atoms with Crippen molar-refractivity contribution in [3.8, 4) is 11.5 Å². The van der Waals surface area contributed by atoms with Crippen LogP contribution in [0.1, 0.15) is 5.56 Å². The molecule has 2 aromatic rings. The van der Waals surface area contributed by atoms with Crippen LogP contribution in [-0.4, -0.2) is 68.7 Å². The molecule has 0 aromatic heterocycles. The van der Waals surface area contributed by atoms with E-state index in [2.05, 4.69) is 15.1 Å². The number of nitrogens with one attached hydrogen (secondary N) is 1. The molecule has 0 unspecified atom stereocenters. The molecule has 0 atom stereocenters. The smallest absolute Gasteiger partial charge is 0.238 e. The summed E-state index contributed by atoms with van der Waals surface area (Å²) in [5.74, 6) is 1.66. The van der Waals surface area contributed by atoms with Gasteiger partial charge in [0.05, 0.1) is 13.7 Å². The molecule has 1 N–H and O–H groups in total. The number of rotatable bonds is 8. The Morgan fingerprint density at radius 2 is 1.69 bits per heavy atom. The van der Waals surface area contributed by atoms with Crippen molar-refractivity contribution >= 4 is 23.2 Å². The maximum atomic E-state index is 12.4. The van der Waals surface area contributed by atoms with Crippen LogP contribution in [0.15, 0.2) is 42.5 Å². The van der Waals surface area contributed by atoms with Gasteiger partial charge in [0.25, 0.3) is 0 Å². The van der Waals surface area contributed by atoms with Crippen LogP contribution in [0.4, 0.5) is 5.69 Å². The van der Waals surface area contributed by atoms with Gasteiger partial charge in [-0.2, -0.15) is 0 Å². The maximum Gasteiger partial charge on any atom is 0.238 e. The molecular formula is C22H28ClN3O3. The Labute approximate surface area is 177 Å². The van der Waals surface area contributed by atoms with Crippen molar-refractivity contribution in [1.82, 2.24) is 9.80 Å². The molecule has 0 bridgehead atoms. The second-order valence-corrected chi connectivity index (χ2v) is 7.51. The second-order valence-electron chi connectivity index (χ2n) is 7.10. The summed E-state index contributed by atoms with van der Waals surface area (Å²) >= 11 is 6.12. The summed E-state index contributed by atoms with van der Waals surface area (Å²) in [6.45, 7) is 7.39. The van der Waals surface area contributed by atoms with Crippen molar-refractivity contribution < 1.29 is 14.3 Å². The van der Waals surface area contributed by atoms with Gasteiger partial charge in [-0.05, 0) is 48.9 Å². The zero-order valence-corrected chi connectivity index (χ0v) is 17.7. The molecule has 156 valence electrons. The molecule has 7 heteroatoms. The van der Waals surface area contributed by atoms with E-state index < -0.39 is 0 Å². The molecule has 1 saturated heterocycles. The molecule has 1 amide bonds. The Balaban J connectivity index is 1.35. The minimum atomic E-state index is -0.00773. The number of halogens is 1. The second kappa shape index (κ2) is 10.5. The topological polar surface area (TPSA) is 54.0 Å². The van der Waals surface area contributed by atoms with E-state index in [1.807, 2.05) is 49.4 Å². The number of piperazine rings is 1. The lowest BCUT2D eigenvalue weighted by atomic mass is 10.2. The van der Waals surface area contributed by atoms with E-state index >= 15 is 0 Å². The van der Waals surface area contributed by atoms with Gasteiger partial charge in [0.2, 0.25) is 5.91 Å². The predicted molar refractivity (Wildman–Crippen MR) is 116 cm³/mol. The highest BCUT2D eigenvalue weighted by Crippen LogP contribution is 2.23. The lowest BCUT2D eigenvalue weighted by Gasteiger charge is -2.34. The molecule has 3 rings (SSSR count). The fraction of sp³-hybridized carbons (Fsp3) is 0.409. The lowest BCUT2D eigenvalue weighted by Crippen LogP contribution is -2.49. The first-order valence-corrected chi connectivity index (χ1v) is 10.2. The van der Waals surface area contributed by atoms with Gasteiger partial charge in [0, 0.05) is 43.4 Å². The molecule has 1 aliphatic rings. The summed E-state index contributed by atoms with van der Waals surface area (Å²) in [5, 5.41) is 3.62. The van der Waals surface area contributed by atoms with Crippen LogP contribution in [0.25, 0.3) is 0 Å². The number of benzene rings is 2. The molecule has 0 spiro atoms. The Kier molecular flexibility index (Phi) is 7.75. The van der Waals surface area contributed by atoms with Crippen molar-refractivity contribution in [3.63, 3.8) is 0 Å². The fourth-order valence-corrected chi connectivity index (χ4v) is 3.45. The summed E-state index contributed by atoms with van der Waals surface area (Å²) in [4.78, 5) is 16.9. The van der Waals surface area contributed by atoms with Gasteiger partial charge in [-0.25, -0.2) is 0 Å². The van der Waals surface area contributed by atoms with Gasteiger partial charge in [-0.3, -0.25) is 14.6 Å². The predicted octanol–water partition coefficient (Wildman–Crippen LogP) is 3.29. The van der Waals surface area contributed by atoms with Gasteiger partial charge in [0.15, 0.2) is 0 Å². The number of hydrogen-bond acceptors (Lipinski definition) is 5. The molecule has 2 aromatic carbocycles. The monoisotopic (exact) mass is 417 g/mol. The Morgan fingerprint density at radius 3 is 2.38 bits per heavy atom. The van der Waals surface area contributed by atoms with E-state index in [1.165, 1.54) is 0 Å². The number of amides is 1. The van der Waals surface area contributed by atoms with Crippen molar-refractivity contribution in [2.45, 2.75) is 6.92 Å². The molecule has 6 nitrogen and oxygen atoms in total. The van der Waals surface area contributed by atoms with Gasteiger partial charge in [-0.15, -0.1) is 0 Å². The van der Waals surface area contributed by atoms with Gasteiger partial charge in [0.1, 0.15) is 18.1 Å². The zero-order valence-electron chi connectivity index (χ0n) is 17.0. The van der Waals surface area contributed by atoms with Crippen LogP contribution in [0.2, 0.25) is 5.02 Å². The van der Waals surface area contributed by atoms with Crippen LogP contribution >= 0.6 is 11.6 Å². The van der Waals surface area contributed by atoms with Crippen molar-refractivity contribution in [2.75, 3.05) is 58.3 Å².